The number of ether oxygens (including phenoxy) is 3. The van der Waals surface area contributed by atoms with Crippen molar-refractivity contribution < 1.29 is 28.6 Å². The van der Waals surface area contributed by atoms with Gasteiger partial charge < -0.3 is 14.2 Å². The molecule has 0 rings (SSSR count). The Morgan fingerprint density at radius 3 is 0.685 bits per heavy atom. The van der Waals surface area contributed by atoms with Crippen LogP contribution in [0.4, 0.5) is 0 Å². The van der Waals surface area contributed by atoms with Gasteiger partial charge in [0.1, 0.15) is 13.2 Å². The fraction of sp³-hybridized carbons (Fsp3) is 0.925. The van der Waals surface area contributed by atoms with E-state index < -0.39 is 6.10 Å². The van der Waals surface area contributed by atoms with Crippen LogP contribution in [0.2, 0.25) is 0 Å². The van der Waals surface area contributed by atoms with Gasteiger partial charge in [0.25, 0.3) is 0 Å². The predicted molar refractivity (Wildman–Crippen MR) is 317 cm³/mol. The molecule has 0 N–H and O–H groups in total. The summed E-state index contributed by atoms with van der Waals surface area (Å²) < 4.78 is 16.9. The minimum absolute atomic E-state index is 0.0626. The van der Waals surface area contributed by atoms with Crippen molar-refractivity contribution in [3.8, 4) is 0 Å². The predicted octanol–water partition coefficient (Wildman–Crippen LogP) is 22.4. The second-order valence-corrected chi connectivity index (χ2v) is 22.7. The van der Waals surface area contributed by atoms with Crippen LogP contribution in [0.3, 0.4) is 0 Å². The first-order valence-electron chi connectivity index (χ1n) is 33.2. The molecule has 0 aromatic heterocycles. The van der Waals surface area contributed by atoms with Crippen molar-refractivity contribution in [2.45, 2.75) is 386 Å². The Kier molecular flexibility index (Phi) is 61.1. The lowest BCUT2D eigenvalue weighted by molar-refractivity contribution is -0.167. The van der Waals surface area contributed by atoms with Crippen LogP contribution in [0, 0.1) is 0 Å². The highest BCUT2D eigenvalue weighted by Gasteiger charge is 2.19. The van der Waals surface area contributed by atoms with E-state index in [1.54, 1.807) is 0 Å². The zero-order valence-electron chi connectivity index (χ0n) is 49.7. The number of rotatable bonds is 62. The van der Waals surface area contributed by atoms with E-state index in [9.17, 15) is 14.4 Å². The molecule has 0 spiro atoms. The smallest absolute Gasteiger partial charge is 0.306 e. The summed E-state index contributed by atoms with van der Waals surface area (Å²) in [5.74, 6) is -0.833. The average molecular weight is 1030 g/mol. The quantitative estimate of drug-likeness (QED) is 0.0261. The molecule has 0 bridgehead atoms. The number of hydrogen-bond acceptors (Lipinski definition) is 6. The van der Waals surface area contributed by atoms with Gasteiger partial charge in [-0.1, -0.05) is 328 Å². The van der Waals surface area contributed by atoms with Crippen molar-refractivity contribution in [1.82, 2.24) is 0 Å². The molecule has 1 atom stereocenters. The molecule has 0 fully saturated rings. The molecule has 1 unspecified atom stereocenters. The second-order valence-electron chi connectivity index (χ2n) is 22.7. The summed E-state index contributed by atoms with van der Waals surface area (Å²) in [6.45, 7) is 6.70. The third-order valence-corrected chi connectivity index (χ3v) is 15.3. The third-order valence-electron chi connectivity index (χ3n) is 15.3. The fourth-order valence-electron chi connectivity index (χ4n) is 10.3. The standard InChI is InChI=1S/C67H128O6/c1-4-7-10-13-16-19-22-24-26-27-28-29-30-31-32-33-34-35-36-37-38-39-41-42-45-48-51-54-57-60-66(69)72-63-64(62-71-65(68)59-56-53-50-47-44-21-18-15-12-9-6-3)73-67(70)61-58-55-52-49-46-43-40-25-23-20-17-14-11-8-5-2/h27-28,64H,4-26,29-63H2,1-3H3/b28-27-. The van der Waals surface area contributed by atoms with E-state index in [-0.39, 0.29) is 31.1 Å². The molecule has 432 valence electrons. The fourth-order valence-corrected chi connectivity index (χ4v) is 10.3. The number of carbonyl (C=O) groups excluding carboxylic acids is 3. The van der Waals surface area contributed by atoms with Crippen LogP contribution in [-0.2, 0) is 28.6 Å². The van der Waals surface area contributed by atoms with E-state index in [4.69, 9.17) is 14.2 Å². The van der Waals surface area contributed by atoms with Crippen molar-refractivity contribution in [2.24, 2.45) is 0 Å². The largest absolute Gasteiger partial charge is 0.462 e. The second kappa shape index (κ2) is 62.7. The summed E-state index contributed by atoms with van der Waals surface area (Å²) >= 11 is 0. The van der Waals surface area contributed by atoms with Crippen LogP contribution in [0.1, 0.15) is 380 Å². The van der Waals surface area contributed by atoms with Gasteiger partial charge >= 0.3 is 17.9 Å². The summed E-state index contributed by atoms with van der Waals surface area (Å²) in [5, 5.41) is 0. The molecular weight excluding hydrogens is 901 g/mol. The topological polar surface area (TPSA) is 78.9 Å². The monoisotopic (exact) mass is 1030 g/mol. The van der Waals surface area contributed by atoms with E-state index in [0.717, 1.165) is 57.8 Å². The normalized spacial score (nSPS) is 12.0. The molecule has 0 aromatic carbocycles. The molecular formula is C67H128O6. The average Bonchev–Trinajstić information content (AvgIpc) is 3.39. The Morgan fingerprint density at radius 1 is 0.260 bits per heavy atom. The van der Waals surface area contributed by atoms with Crippen molar-refractivity contribution in [3.05, 3.63) is 12.2 Å². The van der Waals surface area contributed by atoms with E-state index in [0.29, 0.717) is 19.3 Å². The zero-order valence-corrected chi connectivity index (χ0v) is 49.7. The Morgan fingerprint density at radius 2 is 0.452 bits per heavy atom. The molecule has 0 aliphatic rings. The van der Waals surface area contributed by atoms with Crippen LogP contribution in [-0.4, -0.2) is 37.2 Å². The number of allylic oxidation sites excluding steroid dienone is 2. The van der Waals surface area contributed by atoms with Gasteiger partial charge in [-0.15, -0.1) is 0 Å². The van der Waals surface area contributed by atoms with Gasteiger partial charge in [0.2, 0.25) is 0 Å². The first kappa shape index (κ1) is 71.2. The molecule has 6 nitrogen and oxygen atoms in total. The van der Waals surface area contributed by atoms with Crippen LogP contribution in [0.15, 0.2) is 12.2 Å². The lowest BCUT2D eigenvalue weighted by Gasteiger charge is -2.18. The van der Waals surface area contributed by atoms with Crippen LogP contribution in [0.5, 0.6) is 0 Å². The molecule has 0 aromatic rings. The van der Waals surface area contributed by atoms with E-state index in [1.165, 1.54) is 283 Å². The van der Waals surface area contributed by atoms with Gasteiger partial charge in [-0.25, -0.2) is 0 Å². The highest BCUT2D eigenvalue weighted by atomic mass is 16.6. The highest BCUT2D eigenvalue weighted by Crippen LogP contribution is 2.18. The molecule has 0 amide bonds. The maximum atomic E-state index is 12.9. The lowest BCUT2D eigenvalue weighted by atomic mass is 10.0. The molecule has 73 heavy (non-hydrogen) atoms. The van der Waals surface area contributed by atoms with E-state index in [1.807, 2.05) is 0 Å². The van der Waals surface area contributed by atoms with Crippen molar-refractivity contribution in [2.75, 3.05) is 13.2 Å². The first-order valence-corrected chi connectivity index (χ1v) is 33.2. The maximum absolute atomic E-state index is 12.9. The molecule has 6 heteroatoms. The zero-order chi connectivity index (χ0) is 52.9. The SMILES string of the molecule is CCCCCCCCCC/C=C\CCCCCCCCCCCCCCCCCCCC(=O)OCC(COC(=O)CCCCCCCCCCCCC)OC(=O)CCCCCCCCCCCCCCCCC. The Hall–Kier alpha value is -1.85. The minimum Gasteiger partial charge on any atom is -0.462 e. The van der Waals surface area contributed by atoms with Crippen molar-refractivity contribution >= 4 is 17.9 Å². The molecule has 0 radical (unpaired) electrons. The number of carbonyl (C=O) groups is 3. The Balaban J connectivity index is 4.09. The van der Waals surface area contributed by atoms with Gasteiger partial charge in [0, 0.05) is 19.3 Å². The number of esters is 3. The maximum Gasteiger partial charge on any atom is 0.306 e. The van der Waals surface area contributed by atoms with Gasteiger partial charge in [0.05, 0.1) is 0 Å². The van der Waals surface area contributed by atoms with Gasteiger partial charge in [-0.3, -0.25) is 14.4 Å². The summed E-state index contributed by atoms with van der Waals surface area (Å²) in [4.78, 5) is 38.2. The minimum atomic E-state index is -0.763. The van der Waals surface area contributed by atoms with Gasteiger partial charge in [-0.2, -0.15) is 0 Å². The van der Waals surface area contributed by atoms with Crippen molar-refractivity contribution in [1.29, 1.82) is 0 Å². The van der Waals surface area contributed by atoms with Crippen LogP contribution < -0.4 is 0 Å². The highest BCUT2D eigenvalue weighted by molar-refractivity contribution is 5.71. The first-order chi connectivity index (χ1) is 36.0. The Bertz CT molecular complexity index is 1130. The molecule has 0 aliphatic carbocycles. The van der Waals surface area contributed by atoms with Gasteiger partial charge in [0.15, 0.2) is 6.10 Å². The summed E-state index contributed by atoms with van der Waals surface area (Å²) in [6, 6.07) is 0. The van der Waals surface area contributed by atoms with Crippen molar-refractivity contribution in [3.63, 3.8) is 0 Å². The lowest BCUT2D eigenvalue weighted by Crippen LogP contribution is -2.30. The van der Waals surface area contributed by atoms with E-state index in [2.05, 4.69) is 32.9 Å². The Labute approximate surface area is 456 Å². The van der Waals surface area contributed by atoms with Crippen LogP contribution >= 0.6 is 0 Å². The summed E-state index contributed by atoms with van der Waals surface area (Å²) in [7, 11) is 0. The summed E-state index contributed by atoms with van der Waals surface area (Å²) in [5.41, 5.74) is 0. The molecule has 0 saturated carbocycles. The molecule has 0 aliphatic heterocycles. The number of hydrogen-bond donors (Lipinski definition) is 0. The summed E-state index contributed by atoms with van der Waals surface area (Å²) in [6.07, 6.45) is 73.8. The molecule has 0 heterocycles. The van der Waals surface area contributed by atoms with Gasteiger partial charge in [-0.05, 0) is 44.9 Å². The third kappa shape index (κ3) is 60.9. The van der Waals surface area contributed by atoms with E-state index >= 15 is 0 Å². The molecule has 0 saturated heterocycles. The number of unbranched alkanes of at least 4 members (excludes halogenated alkanes) is 49. The van der Waals surface area contributed by atoms with Crippen LogP contribution in [0.25, 0.3) is 0 Å².